The zero-order valence-electron chi connectivity index (χ0n) is 17.0. The molecule has 0 spiro atoms. The van der Waals surface area contributed by atoms with Crippen molar-refractivity contribution in [3.8, 4) is 5.75 Å². The predicted octanol–water partition coefficient (Wildman–Crippen LogP) is 3.50. The first-order chi connectivity index (χ1) is 14.4. The van der Waals surface area contributed by atoms with Crippen molar-refractivity contribution in [3.63, 3.8) is 0 Å². The molecule has 2 aromatic carbocycles. The fraction of sp³-hybridized carbons (Fsp3) is 0.286. The van der Waals surface area contributed by atoms with E-state index in [1.165, 1.54) is 19.1 Å². The molecule has 166 valence electrons. The van der Waals surface area contributed by atoms with Crippen molar-refractivity contribution in [3.05, 3.63) is 59.2 Å². The zero-order valence-corrected chi connectivity index (χ0v) is 17.0. The van der Waals surface area contributed by atoms with Gasteiger partial charge in [0.25, 0.3) is 11.8 Å². The standard InChI is InChI=1S/C21H21F3N2O5/c1-12-4-5-15(10-13(12)2)20(29)25-11-18(27)30-14(3)19(28)26-16-6-8-17(9-7-16)31-21(22,23)24/h4-10,14H,11H2,1-3H3,(H,25,29)(H,26,28). The number of hydrogen-bond acceptors (Lipinski definition) is 5. The van der Waals surface area contributed by atoms with Crippen LogP contribution in [0.1, 0.15) is 28.4 Å². The quantitative estimate of drug-likeness (QED) is 0.646. The number of rotatable bonds is 7. The van der Waals surface area contributed by atoms with Crippen molar-refractivity contribution in [2.24, 2.45) is 0 Å². The molecule has 0 saturated heterocycles. The lowest BCUT2D eigenvalue weighted by Gasteiger charge is -2.14. The van der Waals surface area contributed by atoms with Crippen LogP contribution in [0.25, 0.3) is 0 Å². The summed E-state index contributed by atoms with van der Waals surface area (Å²) in [5.74, 6) is -2.42. The van der Waals surface area contributed by atoms with Crippen molar-refractivity contribution >= 4 is 23.5 Å². The summed E-state index contributed by atoms with van der Waals surface area (Å²) in [6.45, 7) is 4.65. The van der Waals surface area contributed by atoms with Crippen LogP contribution in [0.3, 0.4) is 0 Å². The molecule has 0 aromatic heterocycles. The van der Waals surface area contributed by atoms with Gasteiger partial charge in [0.1, 0.15) is 12.3 Å². The molecule has 1 atom stereocenters. The Hall–Kier alpha value is -3.56. The Labute approximate surface area is 176 Å². The fourth-order valence-corrected chi connectivity index (χ4v) is 2.41. The normalized spacial score (nSPS) is 11.9. The molecule has 2 aromatic rings. The maximum Gasteiger partial charge on any atom is 0.573 e. The predicted molar refractivity (Wildman–Crippen MR) is 106 cm³/mol. The van der Waals surface area contributed by atoms with E-state index in [9.17, 15) is 27.6 Å². The molecule has 1 unspecified atom stereocenters. The van der Waals surface area contributed by atoms with E-state index in [0.717, 1.165) is 23.3 Å². The van der Waals surface area contributed by atoms with E-state index in [0.29, 0.717) is 5.56 Å². The van der Waals surface area contributed by atoms with Crippen molar-refractivity contribution < 1.29 is 37.0 Å². The molecule has 31 heavy (non-hydrogen) atoms. The van der Waals surface area contributed by atoms with Crippen molar-refractivity contribution in [1.29, 1.82) is 0 Å². The molecular weight excluding hydrogens is 417 g/mol. The highest BCUT2D eigenvalue weighted by Crippen LogP contribution is 2.24. The van der Waals surface area contributed by atoms with Gasteiger partial charge in [-0.15, -0.1) is 13.2 Å². The van der Waals surface area contributed by atoms with Crippen LogP contribution in [-0.2, 0) is 14.3 Å². The van der Waals surface area contributed by atoms with E-state index in [1.54, 1.807) is 18.2 Å². The van der Waals surface area contributed by atoms with Gasteiger partial charge in [0.2, 0.25) is 0 Å². The number of hydrogen-bond donors (Lipinski definition) is 2. The van der Waals surface area contributed by atoms with Crippen molar-refractivity contribution in [2.75, 3.05) is 11.9 Å². The van der Waals surface area contributed by atoms with Gasteiger partial charge in [-0.05, 0) is 68.3 Å². The lowest BCUT2D eigenvalue weighted by molar-refractivity contribution is -0.274. The number of alkyl halides is 3. The molecule has 2 N–H and O–H groups in total. The minimum atomic E-state index is -4.82. The second-order valence-electron chi connectivity index (χ2n) is 6.68. The smallest absolute Gasteiger partial charge is 0.451 e. The van der Waals surface area contributed by atoms with Gasteiger partial charge in [-0.25, -0.2) is 0 Å². The molecule has 0 fully saturated rings. The highest BCUT2D eigenvalue weighted by molar-refractivity contribution is 5.97. The van der Waals surface area contributed by atoms with Gasteiger partial charge < -0.3 is 20.1 Å². The molecule has 2 rings (SSSR count). The van der Waals surface area contributed by atoms with Gasteiger partial charge in [-0.1, -0.05) is 6.07 Å². The summed E-state index contributed by atoms with van der Waals surface area (Å²) in [6.07, 6.45) is -6.02. The minimum absolute atomic E-state index is 0.186. The van der Waals surface area contributed by atoms with E-state index in [-0.39, 0.29) is 5.69 Å². The van der Waals surface area contributed by atoms with E-state index >= 15 is 0 Å². The van der Waals surface area contributed by atoms with Gasteiger partial charge in [0.05, 0.1) is 0 Å². The third-order valence-electron chi connectivity index (χ3n) is 4.20. The Bertz CT molecular complexity index is 958. The highest BCUT2D eigenvalue weighted by Gasteiger charge is 2.31. The van der Waals surface area contributed by atoms with Gasteiger partial charge in [-0.3, -0.25) is 14.4 Å². The van der Waals surface area contributed by atoms with Crippen LogP contribution >= 0.6 is 0 Å². The van der Waals surface area contributed by atoms with E-state index in [2.05, 4.69) is 15.4 Å². The maximum atomic E-state index is 12.2. The summed E-state index contributed by atoms with van der Waals surface area (Å²) in [7, 11) is 0. The maximum absolute atomic E-state index is 12.2. The zero-order chi connectivity index (χ0) is 23.2. The Morgan fingerprint density at radius 1 is 1.00 bits per heavy atom. The number of esters is 1. The first-order valence-corrected chi connectivity index (χ1v) is 9.16. The van der Waals surface area contributed by atoms with E-state index in [4.69, 9.17) is 4.74 Å². The molecule has 2 amide bonds. The first-order valence-electron chi connectivity index (χ1n) is 9.16. The number of anilines is 1. The number of carbonyl (C=O) groups excluding carboxylic acids is 3. The summed E-state index contributed by atoms with van der Waals surface area (Å²) < 4.78 is 45.2. The molecule has 0 saturated carbocycles. The lowest BCUT2D eigenvalue weighted by atomic mass is 10.1. The fourth-order valence-electron chi connectivity index (χ4n) is 2.41. The Balaban J connectivity index is 1.81. The van der Waals surface area contributed by atoms with Crippen LogP contribution in [-0.4, -0.2) is 36.8 Å². The Kier molecular flexibility index (Phi) is 7.62. The van der Waals surface area contributed by atoms with Crippen LogP contribution in [0.4, 0.5) is 18.9 Å². The summed E-state index contributed by atoms with van der Waals surface area (Å²) in [6, 6.07) is 9.58. The minimum Gasteiger partial charge on any atom is -0.451 e. The average molecular weight is 438 g/mol. The molecule has 0 aliphatic rings. The molecule has 0 aliphatic carbocycles. The van der Waals surface area contributed by atoms with Crippen LogP contribution in [0, 0.1) is 13.8 Å². The Morgan fingerprint density at radius 3 is 2.23 bits per heavy atom. The topological polar surface area (TPSA) is 93.7 Å². The van der Waals surface area contributed by atoms with Gasteiger partial charge in [-0.2, -0.15) is 0 Å². The van der Waals surface area contributed by atoms with E-state index < -0.39 is 42.5 Å². The highest BCUT2D eigenvalue weighted by atomic mass is 19.4. The van der Waals surface area contributed by atoms with Gasteiger partial charge >= 0.3 is 12.3 Å². The number of ether oxygens (including phenoxy) is 2. The van der Waals surface area contributed by atoms with Crippen LogP contribution in [0.15, 0.2) is 42.5 Å². The first kappa shape index (κ1) is 23.7. The van der Waals surface area contributed by atoms with Crippen molar-refractivity contribution in [2.45, 2.75) is 33.2 Å². The third kappa shape index (κ3) is 7.65. The number of amides is 2. The van der Waals surface area contributed by atoms with Crippen LogP contribution in [0.2, 0.25) is 0 Å². The molecule has 0 heterocycles. The Morgan fingerprint density at radius 2 is 1.65 bits per heavy atom. The summed E-state index contributed by atoms with van der Waals surface area (Å²) in [5.41, 5.74) is 2.53. The summed E-state index contributed by atoms with van der Waals surface area (Å²) >= 11 is 0. The third-order valence-corrected chi connectivity index (χ3v) is 4.20. The number of aryl methyl sites for hydroxylation is 2. The SMILES string of the molecule is Cc1ccc(C(=O)NCC(=O)OC(C)C(=O)Nc2ccc(OC(F)(F)F)cc2)cc1C. The monoisotopic (exact) mass is 438 g/mol. The average Bonchev–Trinajstić information content (AvgIpc) is 2.68. The van der Waals surface area contributed by atoms with Crippen molar-refractivity contribution in [1.82, 2.24) is 5.32 Å². The van der Waals surface area contributed by atoms with Crippen LogP contribution in [0.5, 0.6) is 5.75 Å². The summed E-state index contributed by atoms with van der Waals surface area (Å²) in [4.78, 5) is 36.1. The number of nitrogens with one attached hydrogen (secondary N) is 2. The number of carbonyl (C=O) groups is 3. The molecule has 10 heteroatoms. The second kappa shape index (κ2) is 9.96. The molecular formula is C21H21F3N2O5. The number of benzene rings is 2. The largest absolute Gasteiger partial charge is 0.573 e. The second-order valence-corrected chi connectivity index (χ2v) is 6.68. The molecule has 7 nitrogen and oxygen atoms in total. The van der Waals surface area contributed by atoms with Gasteiger partial charge in [0, 0.05) is 11.3 Å². The molecule has 0 aliphatic heterocycles. The molecule has 0 radical (unpaired) electrons. The van der Waals surface area contributed by atoms with Gasteiger partial charge in [0.15, 0.2) is 6.10 Å². The summed E-state index contributed by atoms with van der Waals surface area (Å²) in [5, 5.41) is 4.81. The van der Waals surface area contributed by atoms with E-state index in [1.807, 2.05) is 13.8 Å². The van der Waals surface area contributed by atoms with Crippen LogP contribution < -0.4 is 15.4 Å². The number of halogens is 3. The molecule has 0 bridgehead atoms. The lowest BCUT2D eigenvalue weighted by Crippen LogP contribution is -2.35.